The van der Waals surface area contributed by atoms with E-state index in [2.05, 4.69) is 0 Å². The molecule has 2 heteroatoms. The molecule has 17 heavy (non-hydrogen) atoms. The Morgan fingerprint density at radius 1 is 1.12 bits per heavy atom. The Bertz CT molecular complexity index is 469. The number of aliphatic carboxylic acids is 1. The number of rotatable bonds is 3. The van der Waals surface area contributed by atoms with E-state index in [0.717, 1.165) is 5.56 Å². The SMILES string of the molecule is O=C(O)C1C=CC=CC1C=Cc1ccccc1. The summed E-state index contributed by atoms with van der Waals surface area (Å²) in [7, 11) is 0. The molecule has 86 valence electrons. The van der Waals surface area contributed by atoms with E-state index in [1.165, 1.54) is 0 Å². The molecule has 2 atom stereocenters. The maximum atomic E-state index is 11.1. The Morgan fingerprint density at radius 2 is 1.82 bits per heavy atom. The third-order valence-corrected chi connectivity index (χ3v) is 2.77. The van der Waals surface area contributed by atoms with Crippen LogP contribution in [0, 0.1) is 11.8 Å². The lowest BCUT2D eigenvalue weighted by atomic mass is 9.88. The van der Waals surface area contributed by atoms with Crippen molar-refractivity contribution in [2.75, 3.05) is 0 Å². The average molecular weight is 226 g/mol. The van der Waals surface area contributed by atoms with Crippen LogP contribution in [0.3, 0.4) is 0 Å². The van der Waals surface area contributed by atoms with Gasteiger partial charge in [0, 0.05) is 5.92 Å². The molecule has 0 fully saturated rings. The van der Waals surface area contributed by atoms with Crippen LogP contribution in [0.25, 0.3) is 6.08 Å². The van der Waals surface area contributed by atoms with Gasteiger partial charge in [-0.25, -0.2) is 0 Å². The van der Waals surface area contributed by atoms with Crippen molar-refractivity contribution in [3.63, 3.8) is 0 Å². The summed E-state index contributed by atoms with van der Waals surface area (Å²) >= 11 is 0. The molecule has 0 aliphatic heterocycles. The maximum absolute atomic E-state index is 11.1. The molecule has 2 rings (SSSR count). The van der Waals surface area contributed by atoms with Gasteiger partial charge in [0.15, 0.2) is 0 Å². The van der Waals surface area contributed by atoms with E-state index in [-0.39, 0.29) is 5.92 Å². The first kappa shape index (κ1) is 11.4. The normalized spacial score (nSPS) is 23.1. The van der Waals surface area contributed by atoms with Crippen molar-refractivity contribution in [3.05, 3.63) is 66.3 Å². The third-order valence-electron chi connectivity index (χ3n) is 2.77. The van der Waals surface area contributed by atoms with Gasteiger partial charge in [0.2, 0.25) is 0 Å². The number of benzene rings is 1. The second-order valence-electron chi connectivity index (χ2n) is 3.98. The van der Waals surface area contributed by atoms with Crippen LogP contribution in [0.1, 0.15) is 5.56 Å². The quantitative estimate of drug-likeness (QED) is 0.859. The smallest absolute Gasteiger partial charge is 0.311 e. The van der Waals surface area contributed by atoms with Gasteiger partial charge in [-0.3, -0.25) is 4.79 Å². The molecule has 1 aliphatic carbocycles. The Labute approximate surface area is 101 Å². The number of carbonyl (C=O) groups is 1. The van der Waals surface area contributed by atoms with Gasteiger partial charge in [0.25, 0.3) is 0 Å². The zero-order valence-electron chi connectivity index (χ0n) is 9.36. The van der Waals surface area contributed by atoms with Gasteiger partial charge < -0.3 is 5.11 Å². The second kappa shape index (κ2) is 5.30. The highest BCUT2D eigenvalue weighted by Crippen LogP contribution is 2.22. The topological polar surface area (TPSA) is 37.3 Å². The summed E-state index contributed by atoms with van der Waals surface area (Å²) in [6.45, 7) is 0. The average Bonchev–Trinajstić information content (AvgIpc) is 2.38. The summed E-state index contributed by atoms with van der Waals surface area (Å²) in [5.41, 5.74) is 1.08. The van der Waals surface area contributed by atoms with Crippen LogP contribution in [-0.2, 0) is 4.79 Å². The summed E-state index contributed by atoms with van der Waals surface area (Å²) in [4.78, 5) is 11.1. The molecule has 0 aromatic heterocycles. The van der Waals surface area contributed by atoms with Gasteiger partial charge in [-0.1, -0.05) is 66.8 Å². The Morgan fingerprint density at radius 3 is 2.53 bits per heavy atom. The van der Waals surface area contributed by atoms with E-state index in [1.807, 2.05) is 54.6 Å². The molecule has 0 amide bonds. The number of carboxylic acids is 1. The van der Waals surface area contributed by atoms with Crippen molar-refractivity contribution in [2.24, 2.45) is 11.8 Å². The molecule has 0 saturated heterocycles. The highest BCUT2D eigenvalue weighted by Gasteiger charge is 2.22. The zero-order valence-corrected chi connectivity index (χ0v) is 9.36. The van der Waals surface area contributed by atoms with Crippen molar-refractivity contribution in [3.8, 4) is 0 Å². The molecule has 0 saturated carbocycles. The first-order chi connectivity index (χ1) is 8.27. The summed E-state index contributed by atoms with van der Waals surface area (Å²) in [6.07, 6.45) is 11.2. The van der Waals surface area contributed by atoms with E-state index in [4.69, 9.17) is 5.11 Å². The maximum Gasteiger partial charge on any atom is 0.311 e. The minimum atomic E-state index is -0.784. The monoisotopic (exact) mass is 226 g/mol. The lowest BCUT2D eigenvalue weighted by Gasteiger charge is -2.16. The molecule has 1 N–H and O–H groups in total. The highest BCUT2D eigenvalue weighted by atomic mass is 16.4. The summed E-state index contributed by atoms with van der Waals surface area (Å²) in [5.74, 6) is -1.31. The standard InChI is InChI=1S/C15H14O2/c16-15(17)14-9-5-4-8-13(14)11-10-12-6-2-1-3-7-12/h1-11,13-14H,(H,16,17). The molecule has 1 aliphatic rings. The van der Waals surface area contributed by atoms with Crippen LogP contribution in [0.4, 0.5) is 0 Å². The van der Waals surface area contributed by atoms with Crippen LogP contribution in [0.15, 0.2) is 60.7 Å². The number of hydrogen-bond donors (Lipinski definition) is 1. The van der Waals surface area contributed by atoms with E-state index < -0.39 is 11.9 Å². The lowest BCUT2D eigenvalue weighted by Crippen LogP contribution is -2.20. The lowest BCUT2D eigenvalue weighted by molar-refractivity contribution is -0.140. The van der Waals surface area contributed by atoms with Gasteiger partial charge in [-0.15, -0.1) is 0 Å². The van der Waals surface area contributed by atoms with Crippen LogP contribution in [-0.4, -0.2) is 11.1 Å². The fourth-order valence-corrected chi connectivity index (χ4v) is 1.84. The van der Waals surface area contributed by atoms with Crippen molar-refractivity contribution in [1.29, 1.82) is 0 Å². The molecule has 2 unspecified atom stereocenters. The Balaban J connectivity index is 2.12. The predicted molar refractivity (Wildman–Crippen MR) is 68.4 cm³/mol. The van der Waals surface area contributed by atoms with Crippen molar-refractivity contribution in [2.45, 2.75) is 0 Å². The molecule has 0 heterocycles. The van der Waals surface area contributed by atoms with Gasteiger partial charge in [-0.05, 0) is 5.56 Å². The van der Waals surface area contributed by atoms with Crippen molar-refractivity contribution < 1.29 is 9.90 Å². The highest BCUT2D eigenvalue weighted by molar-refractivity contribution is 5.74. The summed E-state index contributed by atoms with van der Waals surface area (Å²) < 4.78 is 0. The predicted octanol–water partition coefficient (Wildman–Crippen LogP) is 3.14. The molecule has 0 bridgehead atoms. The number of hydrogen-bond acceptors (Lipinski definition) is 1. The molecular formula is C15H14O2. The number of allylic oxidation sites excluding steroid dienone is 4. The minimum Gasteiger partial charge on any atom is -0.481 e. The Kier molecular flexibility index (Phi) is 3.55. The zero-order chi connectivity index (χ0) is 12.1. The first-order valence-electron chi connectivity index (χ1n) is 5.58. The van der Waals surface area contributed by atoms with Gasteiger partial charge in [0.1, 0.15) is 0 Å². The largest absolute Gasteiger partial charge is 0.481 e. The van der Waals surface area contributed by atoms with Gasteiger partial charge in [-0.2, -0.15) is 0 Å². The Hall–Kier alpha value is -2.09. The van der Waals surface area contributed by atoms with Crippen LogP contribution >= 0.6 is 0 Å². The molecule has 1 aromatic rings. The van der Waals surface area contributed by atoms with Crippen molar-refractivity contribution in [1.82, 2.24) is 0 Å². The fraction of sp³-hybridized carbons (Fsp3) is 0.133. The molecular weight excluding hydrogens is 212 g/mol. The number of carboxylic acid groups (broad SMARTS) is 1. The van der Waals surface area contributed by atoms with Gasteiger partial charge in [0.05, 0.1) is 5.92 Å². The van der Waals surface area contributed by atoms with E-state index in [1.54, 1.807) is 12.2 Å². The first-order valence-corrected chi connectivity index (χ1v) is 5.58. The van der Waals surface area contributed by atoms with Crippen LogP contribution < -0.4 is 0 Å². The molecule has 2 nitrogen and oxygen atoms in total. The molecule has 1 aromatic carbocycles. The summed E-state index contributed by atoms with van der Waals surface area (Å²) in [5, 5.41) is 9.09. The summed E-state index contributed by atoms with van der Waals surface area (Å²) in [6, 6.07) is 9.87. The minimum absolute atomic E-state index is 0.0716. The van der Waals surface area contributed by atoms with E-state index in [9.17, 15) is 4.79 Å². The third kappa shape index (κ3) is 2.94. The van der Waals surface area contributed by atoms with E-state index >= 15 is 0 Å². The molecule has 0 radical (unpaired) electrons. The van der Waals surface area contributed by atoms with Crippen LogP contribution in [0.2, 0.25) is 0 Å². The van der Waals surface area contributed by atoms with Crippen LogP contribution in [0.5, 0.6) is 0 Å². The van der Waals surface area contributed by atoms with E-state index in [0.29, 0.717) is 0 Å². The fourth-order valence-electron chi connectivity index (χ4n) is 1.84. The van der Waals surface area contributed by atoms with Gasteiger partial charge >= 0.3 is 5.97 Å². The van der Waals surface area contributed by atoms with Crippen molar-refractivity contribution >= 4 is 12.0 Å². The molecule has 0 spiro atoms. The second-order valence-corrected chi connectivity index (χ2v) is 3.98.